The summed E-state index contributed by atoms with van der Waals surface area (Å²) in [5.74, 6) is 0.0478. The van der Waals surface area contributed by atoms with Gasteiger partial charge in [-0.05, 0) is 91.7 Å². The van der Waals surface area contributed by atoms with Crippen LogP contribution in [0.15, 0.2) is 72.8 Å². The molecule has 0 bridgehead atoms. The molecule has 0 aliphatic heterocycles. The van der Waals surface area contributed by atoms with E-state index in [4.69, 9.17) is 0 Å². The molecule has 3 nitrogen and oxygen atoms in total. The molecule has 0 aromatic heterocycles. The third kappa shape index (κ3) is 11.5. The number of carbonyl (C=O) groups is 1. The zero-order valence-corrected chi connectivity index (χ0v) is 26.3. The fourth-order valence-corrected chi connectivity index (χ4v) is 5.25. The van der Waals surface area contributed by atoms with Crippen LogP contribution >= 0.6 is 0 Å². The third-order valence-electron chi connectivity index (χ3n) is 8.05. The van der Waals surface area contributed by atoms with Gasteiger partial charge < -0.3 is 9.80 Å². The number of rotatable bonds is 18. The first-order chi connectivity index (χ1) is 20.7. The minimum absolute atomic E-state index is 0.0478. The van der Waals surface area contributed by atoms with Crippen molar-refractivity contribution in [3.63, 3.8) is 0 Å². The van der Waals surface area contributed by atoms with E-state index >= 15 is 0 Å². The predicted molar refractivity (Wildman–Crippen MR) is 172 cm³/mol. The second-order valence-electron chi connectivity index (χ2n) is 11.5. The Morgan fingerprint density at radius 2 is 1.23 bits per heavy atom. The summed E-state index contributed by atoms with van der Waals surface area (Å²) in [6, 6.07) is 21.2. The molecule has 3 aromatic rings. The van der Waals surface area contributed by atoms with Crippen LogP contribution in [0.5, 0.6) is 0 Å². The lowest BCUT2D eigenvalue weighted by atomic mass is 10.0. The van der Waals surface area contributed by atoms with Gasteiger partial charge in [0.05, 0.1) is 5.56 Å². The molecule has 0 atom stereocenters. The molecule has 3 rings (SSSR count). The summed E-state index contributed by atoms with van der Waals surface area (Å²) in [5, 5.41) is 0. The Morgan fingerprint density at radius 1 is 0.628 bits per heavy atom. The van der Waals surface area contributed by atoms with Crippen LogP contribution in [0.4, 0.5) is 13.2 Å². The molecule has 0 aliphatic rings. The van der Waals surface area contributed by atoms with E-state index in [0.717, 1.165) is 75.4 Å². The van der Waals surface area contributed by atoms with Gasteiger partial charge in [-0.2, -0.15) is 13.2 Å². The molecule has 0 unspecified atom stereocenters. The zero-order chi connectivity index (χ0) is 31.1. The van der Waals surface area contributed by atoms with E-state index in [1.54, 1.807) is 6.07 Å². The summed E-state index contributed by atoms with van der Waals surface area (Å²) in [4.78, 5) is 18.2. The molecular weight excluding hydrogens is 545 g/mol. The summed E-state index contributed by atoms with van der Waals surface area (Å²) >= 11 is 0. The first-order valence-corrected chi connectivity index (χ1v) is 16.1. The van der Waals surface area contributed by atoms with Crippen molar-refractivity contribution in [3.05, 3.63) is 95.1 Å². The lowest BCUT2D eigenvalue weighted by Gasteiger charge is -2.28. The predicted octanol–water partition coefficient (Wildman–Crippen LogP) is 9.69. The summed E-state index contributed by atoms with van der Waals surface area (Å²) < 4.78 is 39.6. The molecule has 0 spiro atoms. The maximum absolute atomic E-state index is 13.7. The molecule has 3 aromatic carbocycles. The Balaban J connectivity index is 1.72. The highest BCUT2D eigenvalue weighted by molar-refractivity contribution is 5.94. The fraction of sp³-hybridized carbons (Fsp3) is 0.486. The Morgan fingerprint density at radius 3 is 1.84 bits per heavy atom. The van der Waals surface area contributed by atoms with E-state index in [-0.39, 0.29) is 5.91 Å². The lowest BCUT2D eigenvalue weighted by Crippen LogP contribution is -2.40. The second-order valence-corrected chi connectivity index (χ2v) is 11.5. The topological polar surface area (TPSA) is 23.6 Å². The van der Waals surface area contributed by atoms with Crippen LogP contribution in [0.2, 0.25) is 0 Å². The smallest absolute Gasteiger partial charge is 0.337 e. The molecule has 0 N–H and O–H groups in total. The van der Waals surface area contributed by atoms with Crippen LogP contribution in [0.1, 0.15) is 92.8 Å². The van der Waals surface area contributed by atoms with Crippen LogP contribution in [0.3, 0.4) is 0 Å². The third-order valence-corrected chi connectivity index (χ3v) is 8.05. The average Bonchev–Trinajstić information content (AvgIpc) is 3.02. The highest BCUT2D eigenvalue weighted by atomic mass is 19.4. The van der Waals surface area contributed by atoms with Crippen LogP contribution in [-0.4, -0.2) is 48.4 Å². The van der Waals surface area contributed by atoms with Crippen molar-refractivity contribution in [1.82, 2.24) is 9.80 Å². The van der Waals surface area contributed by atoms with Gasteiger partial charge in [0.2, 0.25) is 0 Å². The standard InChI is InChI=1S/C37H49F3N2O/c1-4-7-10-12-30-17-21-33(22-18-30)36(43)42(28-27-41(24-8-5-2)25-9-6-3)26-23-31-15-19-32(20-16-31)34-13-11-14-35(29-34)37(38,39)40/h11,13-22,29H,4-10,12,23-28H2,1-3H3. The number of nitrogens with zero attached hydrogens (tertiary/aromatic N) is 2. The number of halogens is 3. The SMILES string of the molecule is CCCCCc1ccc(C(=O)N(CCc2ccc(-c3cccc(C(F)(F)F)c3)cc2)CCN(CCCC)CCCC)cc1. The van der Waals surface area contributed by atoms with Crippen LogP contribution in [0.25, 0.3) is 11.1 Å². The molecule has 0 radical (unpaired) electrons. The van der Waals surface area contributed by atoms with Gasteiger partial charge in [0.1, 0.15) is 0 Å². The Kier molecular flexibility index (Phi) is 14.3. The maximum Gasteiger partial charge on any atom is 0.416 e. The van der Waals surface area contributed by atoms with Gasteiger partial charge >= 0.3 is 6.18 Å². The number of aryl methyl sites for hydroxylation is 1. The molecule has 0 saturated heterocycles. The first-order valence-electron chi connectivity index (χ1n) is 16.1. The summed E-state index contributed by atoms with van der Waals surface area (Å²) in [7, 11) is 0. The van der Waals surface area contributed by atoms with E-state index in [1.807, 2.05) is 41.3 Å². The Bertz CT molecular complexity index is 1210. The van der Waals surface area contributed by atoms with Crippen molar-refractivity contribution in [1.29, 1.82) is 0 Å². The van der Waals surface area contributed by atoms with Crippen LogP contribution in [-0.2, 0) is 19.0 Å². The number of carbonyl (C=O) groups excluding carboxylic acids is 1. The molecule has 1 amide bonds. The normalized spacial score (nSPS) is 11.7. The molecule has 234 valence electrons. The fourth-order valence-electron chi connectivity index (χ4n) is 5.25. The lowest BCUT2D eigenvalue weighted by molar-refractivity contribution is -0.137. The van der Waals surface area contributed by atoms with Gasteiger partial charge in [-0.3, -0.25) is 4.79 Å². The van der Waals surface area contributed by atoms with E-state index < -0.39 is 11.7 Å². The minimum Gasteiger partial charge on any atom is -0.337 e. The van der Waals surface area contributed by atoms with Gasteiger partial charge in [0, 0.05) is 25.2 Å². The van der Waals surface area contributed by atoms with Crippen molar-refractivity contribution >= 4 is 5.91 Å². The number of hydrogen-bond acceptors (Lipinski definition) is 2. The number of alkyl halides is 3. The van der Waals surface area contributed by atoms with Crippen molar-refractivity contribution in [2.45, 2.75) is 84.7 Å². The van der Waals surface area contributed by atoms with Gasteiger partial charge in [0.15, 0.2) is 0 Å². The van der Waals surface area contributed by atoms with Gasteiger partial charge in [-0.25, -0.2) is 0 Å². The molecule has 0 saturated carbocycles. The zero-order valence-electron chi connectivity index (χ0n) is 26.3. The monoisotopic (exact) mass is 594 g/mol. The summed E-state index contributed by atoms with van der Waals surface area (Å²) in [6.07, 6.45) is 5.48. The molecule has 43 heavy (non-hydrogen) atoms. The van der Waals surface area contributed by atoms with Crippen LogP contribution in [0, 0.1) is 0 Å². The van der Waals surface area contributed by atoms with Crippen molar-refractivity contribution in [2.75, 3.05) is 32.7 Å². The molecule has 6 heteroatoms. The van der Waals surface area contributed by atoms with E-state index in [9.17, 15) is 18.0 Å². The molecular formula is C37H49F3N2O. The number of amides is 1. The minimum atomic E-state index is -4.37. The van der Waals surface area contributed by atoms with Gasteiger partial charge in [-0.15, -0.1) is 0 Å². The highest BCUT2D eigenvalue weighted by Crippen LogP contribution is 2.32. The highest BCUT2D eigenvalue weighted by Gasteiger charge is 2.30. The molecule has 0 fully saturated rings. The summed E-state index contributed by atoms with van der Waals surface area (Å²) in [6.45, 7) is 10.8. The van der Waals surface area contributed by atoms with Crippen molar-refractivity contribution < 1.29 is 18.0 Å². The van der Waals surface area contributed by atoms with E-state index in [0.29, 0.717) is 30.6 Å². The van der Waals surface area contributed by atoms with Crippen molar-refractivity contribution in [2.24, 2.45) is 0 Å². The number of unbranched alkanes of at least 4 members (excludes halogenated alkanes) is 4. The first kappa shape index (κ1) is 34.4. The maximum atomic E-state index is 13.7. The van der Waals surface area contributed by atoms with Crippen LogP contribution < -0.4 is 0 Å². The Labute approximate surface area is 257 Å². The van der Waals surface area contributed by atoms with E-state index in [1.165, 1.54) is 30.5 Å². The quantitative estimate of drug-likeness (QED) is 0.137. The number of benzene rings is 3. The number of hydrogen-bond donors (Lipinski definition) is 0. The van der Waals surface area contributed by atoms with Crippen molar-refractivity contribution in [3.8, 4) is 11.1 Å². The summed E-state index contributed by atoms with van der Waals surface area (Å²) in [5.41, 5.74) is 3.66. The molecule has 0 heterocycles. The van der Waals surface area contributed by atoms with Gasteiger partial charge in [0.25, 0.3) is 5.91 Å². The van der Waals surface area contributed by atoms with Gasteiger partial charge in [-0.1, -0.05) is 95.0 Å². The average molecular weight is 595 g/mol. The van der Waals surface area contributed by atoms with E-state index in [2.05, 4.69) is 37.8 Å². The second kappa shape index (κ2) is 17.9. The molecule has 0 aliphatic carbocycles. The Hall–Kier alpha value is -3.12. The largest absolute Gasteiger partial charge is 0.416 e.